The third-order valence-corrected chi connectivity index (χ3v) is 7.86. The van der Waals surface area contributed by atoms with Gasteiger partial charge in [0.05, 0.1) is 29.3 Å². The minimum Gasteiger partial charge on any atom is -0.497 e. The van der Waals surface area contributed by atoms with Crippen LogP contribution in [0.1, 0.15) is 39.9 Å². The molecule has 1 heterocycles. The summed E-state index contributed by atoms with van der Waals surface area (Å²) in [6.45, 7) is 0. The van der Waals surface area contributed by atoms with Crippen LogP contribution < -0.4 is 14.8 Å². The van der Waals surface area contributed by atoms with Crippen LogP contribution in [0.3, 0.4) is 0 Å². The van der Waals surface area contributed by atoms with Crippen molar-refractivity contribution >= 4 is 27.4 Å². The number of benzene rings is 3. The molecule has 7 nitrogen and oxygen atoms in total. The van der Waals surface area contributed by atoms with E-state index in [0.717, 1.165) is 23.2 Å². The van der Waals surface area contributed by atoms with E-state index in [1.807, 2.05) is 12.1 Å². The van der Waals surface area contributed by atoms with Crippen LogP contribution in [-0.4, -0.2) is 26.6 Å². The van der Waals surface area contributed by atoms with Crippen LogP contribution in [0, 0.1) is 5.92 Å². The lowest BCUT2D eigenvalue weighted by Gasteiger charge is -2.37. The first-order chi connectivity index (χ1) is 16.4. The first-order valence-electron chi connectivity index (χ1n) is 10.9. The fourth-order valence-electron chi connectivity index (χ4n) is 4.80. The molecule has 0 radical (unpaired) electrons. The maximum absolute atomic E-state index is 13.1. The Bertz CT molecular complexity index is 1380. The lowest BCUT2D eigenvalue weighted by molar-refractivity contribution is 0.0697. The van der Waals surface area contributed by atoms with Gasteiger partial charge in [0.25, 0.3) is 10.0 Å². The number of aromatic carboxylic acids is 1. The van der Waals surface area contributed by atoms with Gasteiger partial charge in [-0.3, -0.25) is 4.72 Å². The van der Waals surface area contributed by atoms with Crippen molar-refractivity contribution < 1.29 is 23.1 Å². The first-order valence-corrected chi connectivity index (χ1v) is 12.4. The normalized spacial score (nSPS) is 20.7. The van der Waals surface area contributed by atoms with E-state index >= 15 is 0 Å². The molecule has 1 aliphatic heterocycles. The molecule has 0 unspecified atom stereocenters. The van der Waals surface area contributed by atoms with Crippen molar-refractivity contribution in [2.45, 2.75) is 23.3 Å². The molecule has 3 aromatic carbocycles. The molecule has 2 aliphatic rings. The third kappa shape index (κ3) is 4.01. The molecule has 0 saturated heterocycles. The number of carboxylic acids is 1. The molecule has 0 saturated carbocycles. The number of anilines is 2. The number of allylic oxidation sites excluding steroid dienone is 2. The number of fused-ring (bicyclic) bond motifs is 3. The zero-order chi connectivity index (χ0) is 23.9. The summed E-state index contributed by atoms with van der Waals surface area (Å²) in [4.78, 5) is 11.4. The second kappa shape index (κ2) is 8.53. The number of hydrogen-bond acceptors (Lipinski definition) is 5. The molecular formula is C26H24N2O5S. The number of carbonyl (C=O) groups is 1. The summed E-state index contributed by atoms with van der Waals surface area (Å²) in [7, 11) is -2.26. The number of nitrogens with one attached hydrogen (secondary N) is 2. The van der Waals surface area contributed by atoms with Crippen LogP contribution >= 0.6 is 0 Å². The van der Waals surface area contributed by atoms with E-state index in [1.165, 1.54) is 7.11 Å². The lowest BCUT2D eigenvalue weighted by atomic mass is 9.77. The van der Waals surface area contributed by atoms with Crippen molar-refractivity contribution in [1.82, 2.24) is 0 Å². The largest absolute Gasteiger partial charge is 0.497 e. The van der Waals surface area contributed by atoms with E-state index in [-0.39, 0.29) is 28.3 Å². The van der Waals surface area contributed by atoms with Gasteiger partial charge in [-0.05, 0) is 65.9 Å². The summed E-state index contributed by atoms with van der Waals surface area (Å²) in [5.41, 5.74) is 3.50. The SMILES string of the molecule is COc1cccc(NS(=O)(=O)c2ccc3c(c2)[C@@H]2C=CC[C@@H]2[C@H](c2ccc(C(=O)O)cc2)N3)c1. The fourth-order valence-corrected chi connectivity index (χ4v) is 5.89. The highest BCUT2D eigenvalue weighted by molar-refractivity contribution is 7.92. The molecule has 5 rings (SSSR count). The molecule has 8 heteroatoms. The number of carboxylic acid groups (broad SMARTS) is 1. The van der Waals surface area contributed by atoms with Gasteiger partial charge < -0.3 is 15.2 Å². The highest BCUT2D eigenvalue weighted by atomic mass is 32.2. The van der Waals surface area contributed by atoms with Crippen LogP contribution in [0.4, 0.5) is 11.4 Å². The molecule has 0 amide bonds. The molecule has 3 N–H and O–H groups in total. The Morgan fingerprint density at radius 3 is 2.62 bits per heavy atom. The molecule has 0 bridgehead atoms. The van der Waals surface area contributed by atoms with Gasteiger partial charge in [0.15, 0.2) is 0 Å². The van der Waals surface area contributed by atoms with Gasteiger partial charge in [-0.2, -0.15) is 0 Å². The second-order valence-electron chi connectivity index (χ2n) is 8.49. The van der Waals surface area contributed by atoms with Gasteiger partial charge in [-0.15, -0.1) is 0 Å². The monoisotopic (exact) mass is 476 g/mol. The Labute approximate surface area is 198 Å². The van der Waals surface area contributed by atoms with Crippen LogP contribution in [0.25, 0.3) is 0 Å². The standard InChI is InChI=1S/C26H24N2O5S/c1-33-19-5-2-4-18(14-19)28-34(31,32)20-12-13-24-23(15-20)21-6-3-7-22(21)25(27-24)16-8-10-17(11-9-16)26(29)30/h2-6,8-15,21-22,25,27-28H,7H2,1H3,(H,29,30)/t21-,22+,25+/m1/s1. The minimum atomic E-state index is -3.79. The van der Waals surface area contributed by atoms with Crippen molar-refractivity contribution in [3.8, 4) is 5.75 Å². The summed E-state index contributed by atoms with van der Waals surface area (Å²) in [5, 5.41) is 12.7. The van der Waals surface area contributed by atoms with Crippen molar-refractivity contribution in [3.63, 3.8) is 0 Å². The van der Waals surface area contributed by atoms with E-state index in [4.69, 9.17) is 4.74 Å². The Kier molecular flexibility index (Phi) is 5.53. The van der Waals surface area contributed by atoms with Gasteiger partial charge in [0.1, 0.15) is 5.75 Å². The predicted molar refractivity (Wildman–Crippen MR) is 130 cm³/mol. The van der Waals surface area contributed by atoms with Crippen molar-refractivity contribution in [2.24, 2.45) is 5.92 Å². The van der Waals surface area contributed by atoms with E-state index in [0.29, 0.717) is 11.4 Å². The molecule has 0 spiro atoms. The zero-order valence-corrected chi connectivity index (χ0v) is 19.2. The highest BCUT2D eigenvalue weighted by Gasteiger charge is 2.38. The number of hydrogen-bond donors (Lipinski definition) is 3. The number of methoxy groups -OCH3 is 1. The minimum absolute atomic E-state index is 0.00675. The van der Waals surface area contributed by atoms with Crippen molar-refractivity contribution in [1.29, 1.82) is 0 Å². The number of sulfonamides is 1. The topological polar surface area (TPSA) is 105 Å². The lowest BCUT2D eigenvalue weighted by Crippen LogP contribution is -2.29. The van der Waals surface area contributed by atoms with Crippen LogP contribution in [0.5, 0.6) is 5.75 Å². The number of rotatable bonds is 6. The molecule has 3 aromatic rings. The van der Waals surface area contributed by atoms with Crippen molar-refractivity contribution in [2.75, 3.05) is 17.1 Å². The van der Waals surface area contributed by atoms with E-state index in [2.05, 4.69) is 22.2 Å². The Morgan fingerprint density at radius 1 is 1.09 bits per heavy atom. The van der Waals surface area contributed by atoms with Gasteiger partial charge in [0, 0.05) is 17.7 Å². The second-order valence-corrected chi connectivity index (χ2v) is 10.2. The Balaban J connectivity index is 1.45. The van der Waals surface area contributed by atoms with Crippen LogP contribution in [0.2, 0.25) is 0 Å². The molecule has 34 heavy (non-hydrogen) atoms. The molecule has 0 aromatic heterocycles. The highest BCUT2D eigenvalue weighted by Crippen LogP contribution is 2.50. The Hall–Kier alpha value is -3.78. The fraction of sp³-hybridized carbons (Fsp3) is 0.192. The van der Waals surface area contributed by atoms with E-state index in [9.17, 15) is 18.3 Å². The van der Waals surface area contributed by atoms with Gasteiger partial charge in [0.2, 0.25) is 0 Å². The first kappa shape index (κ1) is 22.0. The Morgan fingerprint density at radius 2 is 1.88 bits per heavy atom. The molecule has 1 aliphatic carbocycles. The van der Waals surface area contributed by atoms with Gasteiger partial charge in [-0.1, -0.05) is 30.4 Å². The quantitative estimate of drug-likeness (QED) is 0.432. The van der Waals surface area contributed by atoms with Gasteiger partial charge in [-0.25, -0.2) is 13.2 Å². The van der Waals surface area contributed by atoms with Crippen LogP contribution in [0.15, 0.2) is 83.8 Å². The van der Waals surface area contributed by atoms with E-state index < -0.39 is 16.0 Å². The summed E-state index contributed by atoms with van der Waals surface area (Å²) in [6.07, 6.45) is 5.11. The third-order valence-electron chi connectivity index (χ3n) is 6.48. The van der Waals surface area contributed by atoms with Crippen LogP contribution in [-0.2, 0) is 10.0 Å². The number of ether oxygens (including phenoxy) is 1. The molecular weight excluding hydrogens is 452 g/mol. The summed E-state index contributed by atoms with van der Waals surface area (Å²) in [6, 6.07) is 18.8. The molecule has 3 atom stereocenters. The maximum Gasteiger partial charge on any atom is 0.335 e. The average Bonchev–Trinajstić information content (AvgIpc) is 3.33. The maximum atomic E-state index is 13.1. The predicted octanol–water partition coefficient (Wildman–Crippen LogP) is 5.02. The zero-order valence-electron chi connectivity index (χ0n) is 18.4. The summed E-state index contributed by atoms with van der Waals surface area (Å²) in [5.74, 6) is -0.124. The molecule has 174 valence electrons. The van der Waals surface area contributed by atoms with E-state index in [1.54, 1.807) is 54.6 Å². The summed E-state index contributed by atoms with van der Waals surface area (Å²) >= 11 is 0. The van der Waals surface area contributed by atoms with Crippen molar-refractivity contribution in [3.05, 3.63) is 95.6 Å². The van der Waals surface area contributed by atoms with Gasteiger partial charge >= 0.3 is 5.97 Å². The summed E-state index contributed by atoms with van der Waals surface area (Å²) < 4.78 is 34.0. The average molecular weight is 477 g/mol. The molecule has 0 fully saturated rings. The smallest absolute Gasteiger partial charge is 0.335 e.